The summed E-state index contributed by atoms with van der Waals surface area (Å²) in [6.07, 6.45) is 16.8. The van der Waals surface area contributed by atoms with Crippen LogP contribution in [-0.2, 0) is 88.7 Å². The van der Waals surface area contributed by atoms with E-state index in [9.17, 15) is 42.5 Å². The number of hydrogen-bond acceptors (Lipinski definition) is 26. The number of rotatable bonds is 26. The molecule has 0 bridgehead atoms. The molecule has 39 heteroatoms. The number of nitrogens with one attached hydrogen (secondary N) is 1. The van der Waals surface area contributed by atoms with E-state index in [0.29, 0.717) is 132 Å². The molecule has 33 nitrogen and oxygen atoms in total. The third-order valence-corrected chi connectivity index (χ3v) is 31.1. The number of alkyl halides is 1. The summed E-state index contributed by atoms with van der Waals surface area (Å²) in [5.41, 5.74) is 15.9. The molecule has 0 unspecified atom stereocenters. The van der Waals surface area contributed by atoms with Gasteiger partial charge in [0.05, 0.1) is 58.9 Å². The van der Waals surface area contributed by atoms with E-state index in [1.165, 1.54) is 12.3 Å². The Balaban J connectivity index is 0.000000266. The number of cyclic esters (lactones) is 2. The van der Waals surface area contributed by atoms with Gasteiger partial charge in [0.1, 0.15) is 30.5 Å². The van der Waals surface area contributed by atoms with Gasteiger partial charge < -0.3 is 82.4 Å². The number of amides is 4. The Hall–Kier alpha value is -9.70. The Bertz CT molecular complexity index is 5080. The highest BCUT2D eigenvalue weighted by molar-refractivity contribution is 7.53. The Labute approximate surface area is 882 Å². The lowest BCUT2D eigenvalue weighted by molar-refractivity contribution is -0.153. The summed E-state index contributed by atoms with van der Waals surface area (Å²) < 4.78 is 112. The number of methoxy groups -OCH3 is 2. The second-order valence-electron chi connectivity index (χ2n) is 42.4. The first-order valence-electron chi connectivity index (χ1n) is 50.5. The van der Waals surface area contributed by atoms with Crippen molar-refractivity contribution in [3.05, 3.63) is 214 Å². The first-order chi connectivity index (χ1) is 69.3. The van der Waals surface area contributed by atoms with Gasteiger partial charge in [-0.25, -0.2) is 37.5 Å². The average Bonchev–Trinajstić information content (AvgIpc) is 1.58. The molecule has 10 aliphatic rings. The second kappa shape index (κ2) is 61.7. The van der Waals surface area contributed by atoms with Crippen molar-refractivity contribution in [3.8, 4) is 17.2 Å². The van der Waals surface area contributed by atoms with E-state index in [1.807, 2.05) is 98.8 Å². The summed E-state index contributed by atoms with van der Waals surface area (Å²) >= 11 is 0. The summed E-state index contributed by atoms with van der Waals surface area (Å²) in [5, 5.41) is 20.9. The van der Waals surface area contributed by atoms with Crippen LogP contribution in [0.1, 0.15) is 173 Å². The van der Waals surface area contributed by atoms with E-state index in [0.717, 1.165) is 143 Å². The highest BCUT2D eigenvalue weighted by atomic mass is 35.5. The summed E-state index contributed by atoms with van der Waals surface area (Å²) in [6.45, 7) is 40.5. The fraction of sp³-hybridized carbons (Fsp3) is 0.587. The molecule has 0 radical (unpaired) electrons. The predicted molar refractivity (Wildman–Crippen MR) is 575 cm³/mol. The lowest BCUT2D eigenvalue weighted by Crippen LogP contribution is -2.55. The molecule has 0 aliphatic carbocycles. The lowest BCUT2D eigenvalue weighted by atomic mass is 9.83. The van der Waals surface area contributed by atoms with Gasteiger partial charge in [0.15, 0.2) is 5.83 Å². The summed E-state index contributed by atoms with van der Waals surface area (Å²) in [4.78, 5) is 97.8. The van der Waals surface area contributed by atoms with E-state index in [1.54, 1.807) is 112 Å². The number of carboxylic acid groups (broad SMARTS) is 2. The fourth-order valence-electron chi connectivity index (χ4n) is 17.4. The molecule has 10 heterocycles. The first kappa shape index (κ1) is 127. The zero-order chi connectivity index (χ0) is 107. The maximum Gasteiger partial charge on any atom is 0.525 e. The number of carboxylic acids is 2. The molecule has 10 saturated heterocycles. The smallest absolute Gasteiger partial charge is 0.497 e. The molecule has 5 N–H and O–H groups in total. The van der Waals surface area contributed by atoms with Gasteiger partial charge in [-0.2, -0.15) is 4.99 Å². The number of carbonyl (C=O) groups is 6. The summed E-state index contributed by atoms with van der Waals surface area (Å²) in [5.74, 6) is -3.78. The topological polar surface area (TPSA) is 409 Å². The molecule has 10 aliphatic heterocycles. The molecular weight excluding hydrogens is 1980 g/mol. The third kappa shape index (κ3) is 42.5. The van der Waals surface area contributed by atoms with Crippen molar-refractivity contribution >= 4 is 84.4 Å². The van der Waals surface area contributed by atoms with Crippen molar-refractivity contribution in [3.63, 3.8) is 0 Å². The SMILES string of the molecule is C.CC1(C(=O)O)CCOCC1.CC1(N)CCOCC1.CC1(N=C=O)CCOCC1.CC1(NC[Si](C)(C)C)CCOCC1.COCN(C[Si](C)(C)C)C1(C)CCOCC1.COc1ccc([C@@H]2CN(C3(C)CCOCC3)C[C@@]2(F)C(=O)N2C(=O)OC[C@H]2Cc2ccccc2)cc1.Cc1ccc(/C=C(\F)C(=O)N2C(=O)OC[C@H]2Cc2ccccc2)cc1.Cl.O=C(O)C1CCOCC1.[N-]=[N+]=NP(=O)(Oc1ccccc1)Oc1ccccc1. The molecule has 4 amide bonds. The molecular formula is C109H162ClF2N10O23PSi2. The molecule has 0 saturated carbocycles. The maximum atomic E-state index is 17.2. The molecule has 6 aromatic carbocycles. The Morgan fingerprint density at radius 1 is 0.595 bits per heavy atom. The average molecular weight is 2140 g/mol. The summed E-state index contributed by atoms with van der Waals surface area (Å²) in [7, 11) is -2.61. The van der Waals surface area contributed by atoms with Crippen molar-refractivity contribution < 1.29 is 118 Å². The van der Waals surface area contributed by atoms with Crippen LogP contribution in [0.15, 0.2) is 186 Å². The normalized spacial score (nSPS) is 21.5. The minimum absolute atomic E-state index is 0. The number of imide groups is 2. The number of benzene rings is 6. The summed E-state index contributed by atoms with van der Waals surface area (Å²) in [6, 6.07) is 48.9. The van der Waals surface area contributed by atoms with Crippen molar-refractivity contribution in [2.75, 3.05) is 152 Å². The lowest BCUT2D eigenvalue weighted by Gasteiger charge is -2.45. The van der Waals surface area contributed by atoms with Crippen LogP contribution in [0, 0.1) is 18.3 Å². The van der Waals surface area contributed by atoms with E-state index in [2.05, 4.69) is 96.9 Å². The Kier molecular flexibility index (Phi) is 52.9. The van der Waals surface area contributed by atoms with Crippen LogP contribution in [0.3, 0.4) is 0 Å². The van der Waals surface area contributed by atoms with Crippen LogP contribution in [-0.4, -0.2) is 286 Å². The largest absolute Gasteiger partial charge is 0.525 e. The maximum absolute atomic E-state index is 17.2. The highest BCUT2D eigenvalue weighted by Gasteiger charge is 2.61. The van der Waals surface area contributed by atoms with Crippen LogP contribution >= 0.6 is 20.2 Å². The number of isocyanates is 1. The predicted octanol–water partition coefficient (Wildman–Crippen LogP) is 20.6. The number of aliphatic imine (C=N–C) groups is 1. The Morgan fingerprint density at radius 3 is 1.44 bits per heavy atom. The number of carbonyl (C=O) groups excluding carboxylic acids is 5. The van der Waals surface area contributed by atoms with E-state index in [4.69, 9.17) is 82.6 Å². The van der Waals surface area contributed by atoms with Gasteiger partial charge in [0.2, 0.25) is 11.7 Å². The van der Waals surface area contributed by atoms with Gasteiger partial charge in [0, 0.05) is 151 Å². The molecule has 820 valence electrons. The number of nitrogens with two attached hydrogens (primary N) is 1. The van der Waals surface area contributed by atoms with Crippen molar-refractivity contribution in [1.29, 1.82) is 0 Å². The van der Waals surface area contributed by atoms with Gasteiger partial charge in [-0.05, 0) is 234 Å². The van der Waals surface area contributed by atoms with E-state index >= 15 is 4.39 Å². The molecule has 16 rings (SSSR count). The van der Waals surface area contributed by atoms with Crippen LogP contribution in [0.2, 0.25) is 39.3 Å². The van der Waals surface area contributed by atoms with Crippen LogP contribution in [0.25, 0.3) is 16.5 Å². The van der Waals surface area contributed by atoms with Crippen LogP contribution in [0.4, 0.5) is 18.4 Å². The molecule has 10 fully saturated rings. The van der Waals surface area contributed by atoms with E-state index < -0.39 is 94.7 Å². The number of aliphatic carboxylic acids is 2. The van der Waals surface area contributed by atoms with Gasteiger partial charge in [-0.3, -0.25) is 29.0 Å². The van der Waals surface area contributed by atoms with Crippen LogP contribution < -0.4 is 24.8 Å². The molecule has 6 aromatic rings. The first-order valence-corrected chi connectivity index (χ1v) is 59.4. The van der Waals surface area contributed by atoms with Crippen LogP contribution in [0.5, 0.6) is 17.2 Å². The quantitative estimate of drug-likeness (QED) is 0.00451. The van der Waals surface area contributed by atoms with Gasteiger partial charge in [0.25, 0.3) is 11.8 Å². The third-order valence-electron chi connectivity index (χ3n) is 27.4. The molecule has 0 aromatic heterocycles. The fourth-order valence-corrected chi connectivity index (χ4v) is 20.9. The standard InChI is InChI=1S/C28H33FN2O5.C20H18FNO3.C12H10N3O3P.C12H27NO2Si.C10H23NOSi.C7H11NO2.C7H12O3.C6H13NO.C6H10O3.CH4.ClH/c1-27(12-14-35-15-13-27)30-17-24(21-8-10-23(34-2)11-9-21)28(29,19-30)25(32)31-22(18-36-26(31)33)16-20-6-4-3-5-7-20;1-14-7-9-16(10-8-14)12-18(21)19(23)22-17(13-25-20(22)24)11-15-5-3-2-4-6-15;13-14-15-19(16,17-11-7-3-1-4-8-11)18-12-9-5-2-6-10-12;1-12(6-8-15-9-7-12)13(10-14-2)11-16(3,4)5;1-10(5-7-12-8-6-10)11-9-13(2,3)4;1-7(8-6-9)2-4-10-5-3-7;1-7(6(8)9)2-4-10-5-3-7;1-6(7)2-4-8-5-3-6;7-6(8)5-1-3-9-4-2-5;;/h3-11,22,24H,12-19H2,1-2H3;2-10,12,17H,11,13H2,1H3;1-10H;6-11H2,1-5H3;11H,5-9H2,1-4H3;2-5H2,1H3;2-5H2,1H3,(H,8,9);2-5,7H2,1H3;5H,1-4H2,(H,7,8);1H4;1H/b;18-12-;;;;;;;;;/t22-,24+,28+;17-;;;;;;;;;/m11........./s1. The number of aryl methyl sites for hydroxylation is 1. The van der Waals surface area contributed by atoms with Crippen molar-refractivity contribution in [2.45, 2.75) is 249 Å². The monoisotopic (exact) mass is 2140 g/mol. The van der Waals surface area contributed by atoms with Gasteiger partial charge >= 0.3 is 31.9 Å². The molecule has 0 spiro atoms. The Morgan fingerprint density at radius 2 is 1.03 bits per heavy atom. The molecule has 4 atom stereocenters. The minimum Gasteiger partial charge on any atom is -0.497 e. The van der Waals surface area contributed by atoms with E-state index in [-0.39, 0.29) is 67.7 Å². The minimum atomic E-state index is -3.95. The van der Waals surface area contributed by atoms with Crippen molar-refractivity contribution in [1.82, 2.24) is 24.9 Å². The number of nitrogens with zero attached hydrogens (tertiary/aromatic N) is 8. The molecule has 148 heavy (non-hydrogen) atoms. The highest BCUT2D eigenvalue weighted by Crippen LogP contribution is 2.51. The number of likely N-dealkylation sites (tertiary alicyclic amines) is 1. The second-order valence-corrected chi connectivity index (χ2v) is 54.8. The zero-order valence-corrected chi connectivity index (χ0v) is 92.2. The number of hydrogen-bond donors (Lipinski definition) is 4. The van der Waals surface area contributed by atoms with Gasteiger partial charge in [-0.15, -0.1) is 12.4 Å². The number of para-hydroxylation sites is 2. The number of halogens is 3. The van der Waals surface area contributed by atoms with Gasteiger partial charge in [-0.1, -0.05) is 186 Å². The zero-order valence-electron chi connectivity index (χ0n) is 88.4. The number of ether oxygens (including phenoxy) is 11. The van der Waals surface area contributed by atoms with Crippen molar-refractivity contribution in [2.24, 2.45) is 26.9 Å². The number of azide groups is 1.